The Hall–Kier alpha value is -1.15. The van der Waals surface area contributed by atoms with Gasteiger partial charge in [-0.3, -0.25) is 4.79 Å². The van der Waals surface area contributed by atoms with Gasteiger partial charge in [-0.2, -0.15) is 0 Å². The molecule has 0 aromatic heterocycles. The second kappa shape index (κ2) is 4.61. The minimum Gasteiger partial charge on any atom is -0.316 e. The van der Waals surface area contributed by atoms with Crippen molar-refractivity contribution in [3.63, 3.8) is 0 Å². The van der Waals surface area contributed by atoms with Crippen molar-refractivity contribution < 1.29 is 4.79 Å². The quantitative estimate of drug-likeness (QED) is 0.865. The number of aryl methyl sites for hydroxylation is 2. The van der Waals surface area contributed by atoms with E-state index in [-0.39, 0.29) is 5.41 Å². The van der Waals surface area contributed by atoms with Crippen molar-refractivity contribution in [1.29, 1.82) is 0 Å². The van der Waals surface area contributed by atoms with Crippen molar-refractivity contribution in [2.24, 2.45) is 5.41 Å². The molecule has 17 heavy (non-hydrogen) atoms. The monoisotopic (exact) mass is 231 g/mol. The number of hydrogen-bond acceptors (Lipinski definition) is 2. The Labute approximate surface area is 103 Å². The lowest BCUT2D eigenvalue weighted by atomic mass is 9.82. The lowest BCUT2D eigenvalue weighted by Crippen LogP contribution is -2.31. The molecule has 0 amide bonds. The highest BCUT2D eigenvalue weighted by Gasteiger charge is 2.35. The summed E-state index contributed by atoms with van der Waals surface area (Å²) in [5, 5.41) is 3.28. The van der Waals surface area contributed by atoms with Gasteiger partial charge < -0.3 is 5.32 Å². The third-order valence-corrected chi connectivity index (χ3v) is 3.69. The molecule has 2 nitrogen and oxygen atoms in total. The second-order valence-electron chi connectivity index (χ2n) is 5.58. The molecule has 1 unspecified atom stereocenters. The predicted octanol–water partition coefficient (Wildman–Crippen LogP) is 2.41. The number of Topliss-reactive ketones (excluding diaryl/α,β-unsaturated/α-hetero) is 1. The number of carbonyl (C=O) groups excluding carboxylic acids is 1. The van der Waals surface area contributed by atoms with Crippen LogP contribution in [0, 0.1) is 19.3 Å². The Kier molecular flexibility index (Phi) is 3.34. The molecule has 0 aliphatic carbocycles. The Morgan fingerprint density at radius 3 is 2.47 bits per heavy atom. The summed E-state index contributed by atoms with van der Waals surface area (Å²) in [7, 11) is 0. The van der Waals surface area contributed by atoms with Gasteiger partial charge in [-0.25, -0.2) is 0 Å². The standard InChI is InChI=1S/C15H21NO/c1-11-6-12(2)8-13(7-11)9-14(17)15(3)4-5-16-10-15/h6-8,16H,4-5,9-10H2,1-3H3. The average molecular weight is 231 g/mol. The van der Waals surface area contributed by atoms with Gasteiger partial charge in [0.1, 0.15) is 5.78 Å². The molecular weight excluding hydrogens is 210 g/mol. The van der Waals surface area contributed by atoms with Crippen molar-refractivity contribution in [2.75, 3.05) is 13.1 Å². The molecule has 92 valence electrons. The van der Waals surface area contributed by atoms with Gasteiger partial charge in [-0.05, 0) is 32.4 Å². The lowest BCUT2D eigenvalue weighted by Gasteiger charge is -2.21. The van der Waals surface area contributed by atoms with Gasteiger partial charge in [-0.15, -0.1) is 0 Å². The number of ketones is 1. The topological polar surface area (TPSA) is 29.1 Å². The van der Waals surface area contributed by atoms with E-state index in [1.165, 1.54) is 11.1 Å². The molecule has 1 aliphatic heterocycles. The molecule has 0 bridgehead atoms. The highest BCUT2D eigenvalue weighted by atomic mass is 16.1. The zero-order valence-corrected chi connectivity index (χ0v) is 11.0. The van der Waals surface area contributed by atoms with Gasteiger partial charge in [0.15, 0.2) is 0 Å². The summed E-state index contributed by atoms with van der Waals surface area (Å²) in [6.07, 6.45) is 1.54. The Morgan fingerprint density at radius 1 is 1.29 bits per heavy atom. The first-order chi connectivity index (χ1) is 7.99. The molecule has 1 aromatic rings. The maximum Gasteiger partial charge on any atom is 0.144 e. The number of hydrogen-bond donors (Lipinski definition) is 1. The number of rotatable bonds is 3. The maximum atomic E-state index is 12.3. The molecule has 1 aromatic carbocycles. The lowest BCUT2D eigenvalue weighted by molar-refractivity contribution is -0.126. The fourth-order valence-electron chi connectivity index (χ4n) is 2.62. The molecule has 1 heterocycles. The van der Waals surface area contributed by atoms with E-state index in [0.717, 1.165) is 25.1 Å². The van der Waals surface area contributed by atoms with Gasteiger partial charge >= 0.3 is 0 Å². The van der Waals surface area contributed by atoms with Crippen LogP contribution in [0.4, 0.5) is 0 Å². The molecule has 2 rings (SSSR count). The molecule has 1 N–H and O–H groups in total. The first-order valence-electron chi connectivity index (χ1n) is 6.31. The first kappa shape index (κ1) is 12.3. The Bertz CT molecular complexity index is 410. The van der Waals surface area contributed by atoms with Crippen LogP contribution in [0.5, 0.6) is 0 Å². The minimum atomic E-state index is -0.155. The summed E-state index contributed by atoms with van der Waals surface area (Å²) in [4.78, 5) is 12.3. The molecular formula is C15H21NO. The molecule has 0 spiro atoms. The third-order valence-electron chi connectivity index (χ3n) is 3.69. The van der Waals surface area contributed by atoms with Crippen LogP contribution in [0.3, 0.4) is 0 Å². The van der Waals surface area contributed by atoms with E-state index >= 15 is 0 Å². The van der Waals surface area contributed by atoms with E-state index < -0.39 is 0 Å². The van der Waals surface area contributed by atoms with Crippen molar-refractivity contribution in [3.8, 4) is 0 Å². The number of nitrogens with one attached hydrogen (secondary N) is 1. The highest BCUT2D eigenvalue weighted by molar-refractivity contribution is 5.87. The van der Waals surface area contributed by atoms with Crippen LogP contribution in [-0.4, -0.2) is 18.9 Å². The number of benzene rings is 1. The molecule has 1 aliphatic rings. The smallest absolute Gasteiger partial charge is 0.144 e. The van der Waals surface area contributed by atoms with Crippen LogP contribution >= 0.6 is 0 Å². The summed E-state index contributed by atoms with van der Waals surface area (Å²) >= 11 is 0. The second-order valence-corrected chi connectivity index (χ2v) is 5.58. The van der Waals surface area contributed by atoms with Gasteiger partial charge in [0.2, 0.25) is 0 Å². The third kappa shape index (κ3) is 2.75. The van der Waals surface area contributed by atoms with Crippen LogP contribution in [0.1, 0.15) is 30.0 Å². The van der Waals surface area contributed by atoms with E-state index in [2.05, 4.69) is 44.3 Å². The van der Waals surface area contributed by atoms with Crippen LogP contribution in [-0.2, 0) is 11.2 Å². The van der Waals surface area contributed by atoms with Crippen LogP contribution in [0.15, 0.2) is 18.2 Å². The van der Waals surface area contributed by atoms with Gasteiger partial charge in [0.05, 0.1) is 0 Å². The van der Waals surface area contributed by atoms with Gasteiger partial charge in [0.25, 0.3) is 0 Å². The van der Waals surface area contributed by atoms with E-state index in [1.807, 2.05) is 0 Å². The van der Waals surface area contributed by atoms with Crippen LogP contribution in [0.25, 0.3) is 0 Å². The van der Waals surface area contributed by atoms with E-state index in [0.29, 0.717) is 12.2 Å². The zero-order valence-electron chi connectivity index (χ0n) is 11.0. The molecule has 1 atom stereocenters. The van der Waals surface area contributed by atoms with Crippen molar-refractivity contribution in [2.45, 2.75) is 33.6 Å². The summed E-state index contributed by atoms with van der Waals surface area (Å²) in [5.74, 6) is 0.368. The predicted molar refractivity (Wildman–Crippen MR) is 70.2 cm³/mol. The minimum absolute atomic E-state index is 0.155. The molecule has 1 saturated heterocycles. The van der Waals surface area contributed by atoms with Crippen molar-refractivity contribution >= 4 is 5.78 Å². The summed E-state index contributed by atoms with van der Waals surface area (Å²) in [6, 6.07) is 6.39. The van der Waals surface area contributed by atoms with Crippen molar-refractivity contribution in [3.05, 3.63) is 34.9 Å². The summed E-state index contributed by atoms with van der Waals surface area (Å²) < 4.78 is 0. The fraction of sp³-hybridized carbons (Fsp3) is 0.533. The van der Waals surface area contributed by atoms with Crippen LogP contribution in [0.2, 0.25) is 0 Å². The fourth-order valence-corrected chi connectivity index (χ4v) is 2.62. The largest absolute Gasteiger partial charge is 0.316 e. The van der Waals surface area contributed by atoms with E-state index in [1.54, 1.807) is 0 Å². The normalized spacial score (nSPS) is 23.9. The Balaban J connectivity index is 2.12. The first-order valence-corrected chi connectivity index (χ1v) is 6.31. The SMILES string of the molecule is Cc1cc(C)cc(CC(=O)C2(C)CCNC2)c1. The highest BCUT2D eigenvalue weighted by Crippen LogP contribution is 2.27. The van der Waals surface area contributed by atoms with E-state index in [4.69, 9.17) is 0 Å². The molecule has 2 heteroatoms. The van der Waals surface area contributed by atoms with Crippen molar-refractivity contribution in [1.82, 2.24) is 5.32 Å². The Morgan fingerprint density at radius 2 is 1.94 bits per heavy atom. The number of carbonyl (C=O) groups is 1. The van der Waals surface area contributed by atoms with Gasteiger partial charge in [0, 0.05) is 18.4 Å². The molecule has 0 radical (unpaired) electrons. The van der Waals surface area contributed by atoms with Crippen LogP contribution < -0.4 is 5.32 Å². The van der Waals surface area contributed by atoms with E-state index in [9.17, 15) is 4.79 Å². The van der Waals surface area contributed by atoms with Gasteiger partial charge in [-0.1, -0.05) is 36.2 Å². The zero-order chi connectivity index (χ0) is 12.5. The summed E-state index contributed by atoms with van der Waals surface area (Å²) in [5.41, 5.74) is 3.48. The average Bonchev–Trinajstić information content (AvgIpc) is 2.64. The summed E-state index contributed by atoms with van der Waals surface area (Å²) in [6.45, 7) is 8.04. The maximum absolute atomic E-state index is 12.3. The molecule has 0 saturated carbocycles. The molecule has 1 fully saturated rings.